The van der Waals surface area contributed by atoms with Gasteiger partial charge in [-0.25, -0.2) is 0 Å². The maximum atomic E-state index is 10.3. The fourth-order valence-electron chi connectivity index (χ4n) is 5.59. The van der Waals surface area contributed by atoms with Crippen LogP contribution in [0.3, 0.4) is 0 Å². The molecule has 2 unspecified atom stereocenters. The van der Waals surface area contributed by atoms with Crippen LogP contribution in [-0.4, -0.2) is 21.1 Å². The standard InChI is InChI=1S/C37H59NO3/c1-31-23-27-33(28-24-31)36(39)21-17-13-9-5-3-7-11-15-19-35(38-41)20-16-12-8-4-6-10-14-18-22-37(40)34-29-25-32(2)26-30-34/h23-30,36-37,39-41H,3-22H2,1-2H3. The van der Waals surface area contributed by atoms with Crippen LogP contribution in [0.2, 0.25) is 0 Å². The van der Waals surface area contributed by atoms with Gasteiger partial charge in [-0.1, -0.05) is 155 Å². The summed E-state index contributed by atoms with van der Waals surface area (Å²) >= 11 is 0. The van der Waals surface area contributed by atoms with Crippen LogP contribution in [-0.2, 0) is 0 Å². The van der Waals surface area contributed by atoms with Crippen LogP contribution in [0.15, 0.2) is 53.7 Å². The van der Waals surface area contributed by atoms with Gasteiger partial charge in [0.05, 0.1) is 17.9 Å². The zero-order valence-electron chi connectivity index (χ0n) is 26.2. The van der Waals surface area contributed by atoms with Crippen molar-refractivity contribution in [2.24, 2.45) is 5.16 Å². The molecule has 0 fully saturated rings. The Bertz CT molecular complexity index is 849. The average molecular weight is 566 g/mol. The van der Waals surface area contributed by atoms with E-state index < -0.39 is 0 Å². The number of aliphatic hydroxyl groups excluding tert-OH is 2. The molecule has 0 aromatic heterocycles. The Balaban J connectivity index is 1.33. The minimum atomic E-state index is -0.329. The average Bonchev–Trinajstić information content (AvgIpc) is 2.98. The molecule has 0 aliphatic rings. The fourth-order valence-corrected chi connectivity index (χ4v) is 5.59. The van der Waals surface area contributed by atoms with Crippen molar-refractivity contribution in [3.05, 3.63) is 70.8 Å². The molecular weight excluding hydrogens is 506 g/mol. The fraction of sp³-hybridized carbons (Fsp3) is 0.649. The van der Waals surface area contributed by atoms with E-state index in [1.807, 2.05) is 24.3 Å². The molecule has 0 saturated carbocycles. The quantitative estimate of drug-likeness (QED) is 0.0513. The molecule has 2 atom stereocenters. The highest BCUT2D eigenvalue weighted by molar-refractivity contribution is 5.83. The van der Waals surface area contributed by atoms with Crippen molar-refractivity contribution in [2.75, 3.05) is 0 Å². The van der Waals surface area contributed by atoms with Crippen molar-refractivity contribution >= 4 is 5.71 Å². The van der Waals surface area contributed by atoms with Crippen LogP contribution in [0, 0.1) is 13.8 Å². The summed E-state index contributed by atoms with van der Waals surface area (Å²) in [6.45, 7) is 4.15. The number of rotatable bonds is 24. The molecule has 2 rings (SSSR count). The number of hydrogen-bond acceptors (Lipinski definition) is 4. The van der Waals surface area contributed by atoms with Crippen molar-refractivity contribution in [3.8, 4) is 0 Å². The highest BCUT2D eigenvalue weighted by atomic mass is 16.4. The molecule has 2 aromatic carbocycles. The van der Waals surface area contributed by atoms with Crippen molar-refractivity contribution in [1.82, 2.24) is 0 Å². The molecule has 0 heterocycles. The van der Waals surface area contributed by atoms with Crippen molar-refractivity contribution in [3.63, 3.8) is 0 Å². The Labute approximate surface area is 251 Å². The number of benzene rings is 2. The predicted octanol–water partition coefficient (Wildman–Crippen LogP) is 10.7. The summed E-state index contributed by atoms with van der Waals surface area (Å²) in [5, 5.41) is 33.6. The predicted molar refractivity (Wildman–Crippen MR) is 174 cm³/mol. The number of aryl methyl sites for hydroxylation is 2. The maximum absolute atomic E-state index is 10.3. The summed E-state index contributed by atoms with van der Waals surface area (Å²) in [5.41, 5.74) is 5.52. The largest absolute Gasteiger partial charge is 0.411 e. The van der Waals surface area contributed by atoms with Gasteiger partial charge >= 0.3 is 0 Å². The summed E-state index contributed by atoms with van der Waals surface area (Å²) in [6, 6.07) is 16.4. The molecule has 0 aliphatic heterocycles. The first-order valence-electron chi connectivity index (χ1n) is 16.7. The molecule has 0 bridgehead atoms. The van der Waals surface area contributed by atoms with Crippen LogP contribution in [0.1, 0.15) is 163 Å². The van der Waals surface area contributed by atoms with Crippen LogP contribution in [0.5, 0.6) is 0 Å². The monoisotopic (exact) mass is 565 g/mol. The first-order chi connectivity index (χ1) is 20.0. The zero-order chi connectivity index (χ0) is 29.5. The highest BCUT2D eigenvalue weighted by Crippen LogP contribution is 2.22. The minimum Gasteiger partial charge on any atom is -0.411 e. The molecule has 3 N–H and O–H groups in total. The lowest BCUT2D eigenvalue weighted by molar-refractivity contribution is 0.163. The number of oxime groups is 1. The first-order valence-corrected chi connectivity index (χ1v) is 16.7. The number of hydrogen-bond donors (Lipinski definition) is 3. The van der Waals surface area contributed by atoms with Crippen LogP contribution < -0.4 is 0 Å². The van der Waals surface area contributed by atoms with Crippen molar-refractivity contribution in [2.45, 2.75) is 154 Å². The van der Waals surface area contributed by atoms with Gasteiger partial charge in [0.25, 0.3) is 0 Å². The van der Waals surface area contributed by atoms with Crippen molar-refractivity contribution in [1.29, 1.82) is 0 Å². The third-order valence-electron chi connectivity index (χ3n) is 8.45. The first kappa shape index (κ1) is 35.0. The molecule has 0 amide bonds. The molecule has 0 spiro atoms. The van der Waals surface area contributed by atoms with Crippen LogP contribution >= 0.6 is 0 Å². The van der Waals surface area contributed by atoms with E-state index in [1.165, 1.54) is 88.2 Å². The van der Waals surface area contributed by atoms with Gasteiger partial charge in [-0.2, -0.15) is 0 Å². The number of aliphatic hydroxyl groups is 2. The van der Waals surface area contributed by atoms with Gasteiger partial charge in [-0.15, -0.1) is 0 Å². The number of nitrogens with zero attached hydrogens (tertiary/aromatic N) is 1. The SMILES string of the molecule is Cc1ccc(C(O)CCCCCCCCCCC(CCCCCCCCCCC(O)c2ccc(C)cc2)=NO)cc1. The third-order valence-corrected chi connectivity index (χ3v) is 8.45. The van der Waals surface area contributed by atoms with E-state index in [0.29, 0.717) is 0 Å². The molecule has 4 nitrogen and oxygen atoms in total. The summed E-state index contributed by atoms with van der Waals surface area (Å²) in [6.07, 6.45) is 22.3. The second-order valence-electron chi connectivity index (χ2n) is 12.3. The van der Waals surface area contributed by atoms with Gasteiger partial charge in [-0.05, 0) is 63.5 Å². The second-order valence-corrected chi connectivity index (χ2v) is 12.3. The Hall–Kier alpha value is -2.17. The Morgan fingerprint density at radius 2 is 0.780 bits per heavy atom. The summed E-state index contributed by atoms with van der Waals surface area (Å²) in [7, 11) is 0. The van der Waals surface area contributed by atoms with Gasteiger partial charge in [0.15, 0.2) is 0 Å². The van der Waals surface area contributed by atoms with Gasteiger partial charge < -0.3 is 15.4 Å². The molecule has 0 saturated heterocycles. The Morgan fingerprint density at radius 3 is 1.10 bits per heavy atom. The summed E-state index contributed by atoms with van der Waals surface area (Å²) < 4.78 is 0. The van der Waals surface area contributed by atoms with E-state index in [1.54, 1.807) is 0 Å². The summed E-state index contributed by atoms with van der Waals surface area (Å²) in [4.78, 5) is 0. The van der Waals surface area contributed by atoms with E-state index in [4.69, 9.17) is 0 Å². The molecule has 4 heteroatoms. The van der Waals surface area contributed by atoms with E-state index >= 15 is 0 Å². The normalized spacial score (nSPS) is 12.8. The smallest absolute Gasteiger partial charge is 0.0790 e. The van der Waals surface area contributed by atoms with E-state index in [9.17, 15) is 15.4 Å². The topological polar surface area (TPSA) is 73.0 Å². The van der Waals surface area contributed by atoms with E-state index in [0.717, 1.165) is 68.2 Å². The minimum absolute atomic E-state index is 0.329. The lowest BCUT2D eigenvalue weighted by Crippen LogP contribution is -1.99. The van der Waals surface area contributed by atoms with E-state index in [2.05, 4.69) is 43.3 Å². The maximum Gasteiger partial charge on any atom is 0.0790 e. The van der Waals surface area contributed by atoms with Gasteiger partial charge in [0, 0.05) is 0 Å². The lowest BCUT2D eigenvalue weighted by Gasteiger charge is -2.11. The second kappa shape index (κ2) is 22.4. The van der Waals surface area contributed by atoms with Gasteiger partial charge in [0.1, 0.15) is 0 Å². The molecule has 230 valence electrons. The molecule has 2 aromatic rings. The van der Waals surface area contributed by atoms with Gasteiger partial charge in [0.2, 0.25) is 0 Å². The van der Waals surface area contributed by atoms with Crippen molar-refractivity contribution < 1.29 is 15.4 Å². The number of unbranched alkanes of at least 4 members (excludes halogenated alkanes) is 14. The highest BCUT2D eigenvalue weighted by Gasteiger charge is 2.08. The molecular formula is C37H59NO3. The molecule has 0 radical (unpaired) electrons. The van der Waals surface area contributed by atoms with Crippen LogP contribution in [0.4, 0.5) is 0 Å². The third kappa shape index (κ3) is 16.8. The van der Waals surface area contributed by atoms with Gasteiger partial charge in [-0.3, -0.25) is 0 Å². The zero-order valence-corrected chi connectivity index (χ0v) is 26.2. The summed E-state index contributed by atoms with van der Waals surface area (Å²) in [5.74, 6) is 0. The Morgan fingerprint density at radius 1 is 0.488 bits per heavy atom. The van der Waals surface area contributed by atoms with E-state index in [-0.39, 0.29) is 12.2 Å². The molecule has 0 aliphatic carbocycles. The lowest BCUT2D eigenvalue weighted by atomic mass is 10.00. The Kier molecular flexibility index (Phi) is 19.2. The van der Waals surface area contributed by atoms with Crippen LogP contribution in [0.25, 0.3) is 0 Å². The molecule has 41 heavy (non-hydrogen) atoms.